The highest BCUT2D eigenvalue weighted by Crippen LogP contribution is 2.12. The number of rotatable bonds is 9. The zero-order valence-corrected chi connectivity index (χ0v) is 10.00. The summed E-state index contributed by atoms with van der Waals surface area (Å²) in [6, 6.07) is 0. The van der Waals surface area contributed by atoms with Crippen molar-refractivity contribution in [3.63, 3.8) is 0 Å². The van der Waals surface area contributed by atoms with E-state index in [1.807, 2.05) is 0 Å². The molecule has 90 valence electrons. The first kappa shape index (κ1) is 14.4. The lowest BCUT2D eigenvalue weighted by atomic mass is 10.1. The summed E-state index contributed by atoms with van der Waals surface area (Å²) in [6.07, 6.45) is 7.39. The zero-order valence-electron chi connectivity index (χ0n) is 10.00. The fourth-order valence-electron chi connectivity index (χ4n) is 1.62. The van der Waals surface area contributed by atoms with Gasteiger partial charge in [-0.25, -0.2) is 0 Å². The molecule has 0 aliphatic rings. The number of aliphatic hydroxyl groups excluding tert-OH is 1. The van der Waals surface area contributed by atoms with E-state index in [2.05, 4.69) is 6.92 Å². The summed E-state index contributed by atoms with van der Waals surface area (Å²) in [7, 11) is 0. The SMILES string of the molecule is CCCCCCCC(CCO)OC(C)=O. The first-order chi connectivity index (χ1) is 7.20. The van der Waals surface area contributed by atoms with Crippen LogP contribution < -0.4 is 0 Å². The number of unbranched alkanes of at least 4 members (excludes halogenated alkanes) is 4. The molecular weight excluding hydrogens is 192 g/mol. The average Bonchev–Trinajstić information content (AvgIpc) is 2.17. The molecule has 0 amide bonds. The van der Waals surface area contributed by atoms with Gasteiger partial charge in [0.2, 0.25) is 0 Å². The van der Waals surface area contributed by atoms with Crippen molar-refractivity contribution in [2.24, 2.45) is 0 Å². The van der Waals surface area contributed by atoms with Gasteiger partial charge >= 0.3 is 5.97 Å². The van der Waals surface area contributed by atoms with Crippen LogP contribution in [-0.4, -0.2) is 23.8 Å². The molecule has 0 spiro atoms. The van der Waals surface area contributed by atoms with Crippen molar-refractivity contribution in [2.45, 2.75) is 64.9 Å². The number of hydrogen-bond donors (Lipinski definition) is 1. The second-order valence-electron chi connectivity index (χ2n) is 3.95. The summed E-state index contributed by atoms with van der Waals surface area (Å²) >= 11 is 0. The minimum atomic E-state index is -0.248. The molecule has 0 aromatic carbocycles. The molecule has 1 unspecified atom stereocenters. The summed E-state index contributed by atoms with van der Waals surface area (Å²) < 4.78 is 5.10. The fraction of sp³-hybridized carbons (Fsp3) is 0.917. The van der Waals surface area contributed by atoms with Crippen LogP contribution in [0.2, 0.25) is 0 Å². The summed E-state index contributed by atoms with van der Waals surface area (Å²) in [6.45, 7) is 3.70. The van der Waals surface area contributed by atoms with Crippen LogP contribution in [0.3, 0.4) is 0 Å². The third-order valence-corrected chi connectivity index (χ3v) is 2.41. The van der Waals surface area contributed by atoms with Crippen LogP contribution in [0.1, 0.15) is 58.8 Å². The zero-order chi connectivity index (χ0) is 11.5. The molecule has 0 rings (SSSR count). The van der Waals surface area contributed by atoms with Gasteiger partial charge in [-0.15, -0.1) is 0 Å². The van der Waals surface area contributed by atoms with Crippen molar-refractivity contribution in [3.8, 4) is 0 Å². The average molecular weight is 216 g/mol. The number of hydrogen-bond acceptors (Lipinski definition) is 3. The van der Waals surface area contributed by atoms with E-state index >= 15 is 0 Å². The van der Waals surface area contributed by atoms with Gasteiger partial charge in [0.15, 0.2) is 0 Å². The molecule has 3 heteroatoms. The van der Waals surface area contributed by atoms with Crippen molar-refractivity contribution in [1.82, 2.24) is 0 Å². The topological polar surface area (TPSA) is 46.5 Å². The third kappa shape index (κ3) is 9.73. The Morgan fingerprint density at radius 2 is 1.87 bits per heavy atom. The third-order valence-electron chi connectivity index (χ3n) is 2.41. The fourth-order valence-corrected chi connectivity index (χ4v) is 1.62. The van der Waals surface area contributed by atoms with E-state index in [0.29, 0.717) is 6.42 Å². The number of carbonyl (C=O) groups excluding carboxylic acids is 1. The van der Waals surface area contributed by atoms with E-state index < -0.39 is 0 Å². The molecule has 1 N–H and O–H groups in total. The Morgan fingerprint density at radius 3 is 2.40 bits per heavy atom. The van der Waals surface area contributed by atoms with Gasteiger partial charge in [0.05, 0.1) is 0 Å². The summed E-state index contributed by atoms with van der Waals surface area (Å²) in [5.41, 5.74) is 0. The smallest absolute Gasteiger partial charge is 0.302 e. The van der Waals surface area contributed by atoms with E-state index in [-0.39, 0.29) is 18.7 Å². The molecule has 0 aromatic heterocycles. The van der Waals surface area contributed by atoms with E-state index in [1.54, 1.807) is 0 Å². The Bertz CT molecular complexity index is 157. The number of esters is 1. The maximum Gasteiger partial charge on any atom is 0.302 e. The van der Waals surface area contributed by atoms with Crippen LogP contribution in [0.25, 0.3) is 0 Å². The van der Waals surface area contributed by atoms with Crippen LogP contribution in [0.15, 0.2) is 0 Å². The van der Waals surface area contributed by atoms with Crippen LogP contribution in [0, 0.1) is 0 Å². The number of carbonyl (C=O) groups is 1. The molecule has 15 heavy (non-hydrogen) atoms. The van der Waals surface area contributed by atoms with Gasteiger partial charge in [-0.05, 0) is 12.8 Å². The highest BCUT2D eigenvalue weighted by atomic mass is 16.5. The largest absolute Gasteiger partial charge is 0.462 e. The minimum absolute atomic E-state index is 0.0888. The maximum absolute atomic E-state index is 10.8. The Kier molecular flexibility index (Phi) is 9.59. The summed E-state index contributed by atoms with van der Waals surface area (Å²) in [4.78, 5) is 10.8. The van der Waals surface area contributed by atoms with Crippen molar-refractivity contribution in [3.05, 3.63) is 0 Å². The molecule has 0 aliphatic carbocycles. The molecule has 0 heterocycles. The van der Waals surface area contributed by atoms with Crippen LogP contribution in [0.5, 0.6) is 0 Å². The molecule has 0 fully saturated rings. The van der Waals surface area contributed by atoms with Gasteiger partial charge in [0.25, 0.3) is 0 Å². The van der Waals surface area contributed by atoms with Crippen LogP contribution in [0.4, 0.5) is 0 Å². The predicted octanol–water partition coefficient (Wildman–Crippen LogP) is 2.66. The lowest BCUT2D eigenvalue weighted by molar-refractivity contribution is -0.147. The standard InChI is InChI=1S/C12H24O3/c1-3-4-5-6-7-8-12(9-10-13)15-11(2)14/h12-13H,3-10H2,1-2H3. The van der Waals surface area contributed by atoms with Gasteiger partial charge in [0, 0.05) is 20.0 Å². The molecule has 0 aromatic rings. The Hall–Kier alpha value is -0.570. The van der Waals surface area contributed by atoms with E-state index in [9.17, 15) is 4.79 Å². The predicted molar refractivity (Wildman–Crippen MR) is 60.6 cm³/mol. The van der Waals surface area contributed by atoms with E-state index in [1.165, 1.54) is 32.6 Å². The van der Waals surface area contributed by atoms with E-state index in [4.69, 9.17) is 9.84 Å². The van der Waals surface area contributed by atoms with Crippen molar-refractivity contribution in [2.75, 3.05) is 6.61 Å². The van der Waals surface area contributed by atoms with Crippen molar-refractivity contribution in [1.29, 1.82) is 0 Å². The molecule has 0 aliphatic heterocycles. The second kappa shape index (κ2) is 9.97. The molecule has 0 radical (unpaired) electrons. The maximum atomic E-state index is 10.8. The highest BCUT2D eigenvalue weighted by molar-refractivity contribution is 5.66. The monoisotopic (exact) mass is 216 g/mol. The first-order valence-corrected chi connectivity index (χ1v) is 5.98. The van der Waals surface area contributed by atoms with Crippen LogP contribution in [-0.2, 0) is 9.53 Å². The quantitative estimate of drug-likeness (QED) is 0.476. The summed E-state index contributed by atoms with van der Waals surface area (Å²) in [5.74, 6) is -0.248. The van der Waals surface area contributed by atoms with Gasteiger partial charge in [0.1, 0.15) is 6.10 Å². The molecule has 0 saturated heterocycles. The van der Waals surface area contributed by atoms with Gasteiger partial charge in [-0.3, -0.25) is 4.79 Å². The normalized spacial score (nSPS) is 12.5. The number of aliphatic hydroxyl groups is 1. The van der Waals surface area contributed by atoms with Crippen LogP contribution >= 0.6 is 0 Å². The Labute approximate surface area is 92.8 Å². The number of ether oxygens (including phenoxy) is 1. The van der Waals surface area contributed by atoms with Crippen molar-refractivity contribution < 1.29 is 14.6 Å². The Morgan fingerprint density at radius 1 is 1.20 bits per heavy atom. The summed E-state index contributed by atoms with van der Waals surface area (Å²) in [5, 5.41) is 8.80. The molecular formula is C12H24O3. The van der Waals surface area contributed by atoms with E-state index in [0.717, 1.165) is 12.8 Å². The van der Waals surface area contributed by atoms with Gasteiger partial charge in [-0.1, -0.05) is 32.6 Å². The second-order valence-corrected chi connectivity index (χ2v) is 3.95. The molecule has 3 nitrogen and oxygen atoms in total. The lowest BCUT2D eigenvalue weighted by Gasteiger charge is -2.15. The van der Waals surface area contributed by atoms with Gasteiger partial charge < -0.3 is 9.84 Å². The minimum Gasteiger partial charge on any atom is -0.462 e. The van der Waals surface area contributed by atoms with Gasteiger partial charge in [-0.2, -0.15) is 0 Å². The van der Waals surface area contributed by atoms with Crippen molar-refractivity contribution >= 4 is 5.97 Å². The molecule has 0 bridgehead atoms. The Balaban J connectivity index is 3.52. The molecule has 1 atom stereocenters. The lowest BCUT2D eigenvalue weighted by Crippen LogP contribution is -2.17. The first-order valence-electron chi connectivity index (χ1n) is 5.98. The highest BCUT2D eigenvalue weighted by Gasteiger charge is 2.10. The molecule has 0 saturated carbocycles.